The number of hydrogen-bond donors (Lipinski definition) is 1. The number of carbonyl (C=O) groups is 1. The first kappa shape index (κ1) is 58.5. The van der Waals surface area contributed by atoms with Crippen molar-refractivity contribution in [3.8, 4) is 0 Å². The maximum atomic E-state index is 12.5. The minimum Gasteiger partial charge on any atom is -0.462 e. The molecule has 0 aliphatic carbocycles. The highest BCUT2D eigenvalue weighted by Crippen LogP contribution is 2.20. The molecule has 0 amide bonds. The summed E-state index contributed by atoms with van der Waals surface area (Å²) in [5.41, 5.74) is 0. The van der Waals surface area contributed by atoms with Gasteiger partial charge in [-0.25, -0.2) is 0 Å². The first-order valence-electron chi connectivity index (χ1n) is 26.9. The van der Waals surface area contributed by atoms with Gasteiger partial charge in [-0.05, 0) is 44.9 Å². The summed E-state index contributed by atoms with van der Waals surface area (Å²) in [6.07, 6.45) is 59.9. The molecule has 0 bridgehead atoms. The van der Waals surface area contributed by atoms with Gasteiger partial charge in [-0.3, -0.25) is 4.79 Å². The Bertz CT molecular complexity index is 707. The number of aliphatic hydroxyl groups is 1. The number of carbonyl (C=O) groups excluding carboxylic acids is 1. The monoisotopic (exact) mass is 807 g/mol. The third-order valence-corrected chi connectivity index (χ3v) is 12.3. The molecule has 57 heavy (non-hydrogen) atoms. The second-order valence-electron chi connectivity index (χ2n) is 18.4. The second kappa shape index (κ2) is 53.4. The van der Waals surface area contributed by atoms with E-state index in [0.717, 1.165) is 32.1 Å². The zero-order valence-corrected chi connectivity index (χ0v) is 40.4. The predicted octanol–water partition coefficient (Wildman–Crippen LogP) is 19.3. The molecule has 3 heteroatoms. The first-order chi connectivity index (χ1) is 28.0. The lowest BCUT2D eigenvalue weighted by Crippen LogP contribution is -2.18. The van der Waals surface area contributed by atoms with E-state index < -0.39 is 0 Å². The fourth-order valence-corrected chi connectivity index (χ4v) is 8.27. The SMILES string of the molecule is CCCCCCCCCCCC(O)CCCCCCCC.CCCCCCCCCCCCCC(=O)OC(CCCCCCCC)CCCCCCCCCCC. The van der Waals surface area contributed by atoms with Crippen LogP contribution in [0.25, 0.3) is 0 Å². The maximum absolute atomic E-state index is 12.5. The zero-order valence-electron chi connectivity index (χ0n) is 40.4. The number of aliphatic hydroxyl groups excluding tert-OH is 1. The van der Waals surface area contributed by atoms with E-state index in [4.69, 9.17) is 4.74 Å². The van der Waals surface area contributed by atoms with Crippen molar-refractivity contribution in [1.29, 1.82) is 0 Å². The molecule has 0 radical (unpaired) electrons. The van der Waals surface area contributed by atoms with E-state index >= 15 is 0 Å². The van der Waals surface area contributed by atoms with Crippen LogP contribution < -0.4 is 0 Å². The lowest BCUT2D eigenvalue weighted by molar-refractivity contribution is -0.150. The third-order valence-electron chi connectivity index (χ3n) is 12.3. The van der Waals surface area contributed by atoms with Crippen molar-refractivity contribution in [2.75, 3.05) is 0 Å². The predicted molar refractivity (Wildman–Crippen MR) is 257 cm³/mol. The Labute approximate surface area is 361 Å². The molecular formula is C54H110O3. The molecule has 3 nitrogen and oxygen atoms in total. The highest BCUT2D eigenvalue weighted by molar-refractivity contribution is 5.69. The van der Waals surface area contributed by atoms with Crippen molar-refractivity contribution >= 4 is 5.97 Å². The van der Waals surface area contributed by atoms with Crippen molar-refractivity contribution < 1.29 is 14.6 Å². The molecule has 0 aliphatic heterocycles. The Kier molecular flexibility index (Phi) is 54.9. The number of esters is 1. The van der Waals surface area contributed by atoms with Crippen molar-refractivity contribution in [1.82, 2.24) is 0 Å². The number of rotatable bonds is 47. The lowest BCUT2D eigenvalue weighted by Gasteiger charge is -2.18. The van der Waals surface area contributed by atoms with Gasteiger partial charge < -0.3 is 9.84 Å². The van der Waals surface area contributed by atoms with Crippen LogP contribution in [0.15, 0.2) is 0 Å². The largest absolute Gasteiger partial charge is 0.462 e. The topological polar surface area (TPSA) is 46.5 Å². The molecule has 0 aliphatic rings. The molecule has 0 aromatic rings. The van der Waals surface area contributed by atoms with Crippen molar-refractivity contribution in [3.05, 3.63) is 0 Å². The summed E-state index contributed by atoms with van der Waals surface area (Å²) in [4.78, 5) is 12.5. The molecule has 0 aromatic heterocycles. The van der Waals surface area contributed by atoms with Crippen LogP contribution in [0.1, 0.15) is 330 Å². The van der Waals surface area contributed by atoms with Gasteiger partial charge in [0, 0.05) is 6.42 Å². The van der Waals surface area contributed by atoms with Gasteiger partial charge in [0.1, 0.15) is 6.10 Å². The van der Waals surface area contributed by atoms with Gasteiger partial charge in [0.25, 0.3) is 0 Å². The molecule has 344 valence electrons. The average molecular weight is 807 g/mol. The number of unbranched alkanes of at least 4 members (excludes halogenated alkanes) is 36. The fourth-order valence-electron chi connectivity index (χ4n) is 8.27. The Morgan fingerprint density at radius 1 is 0.316 bits per heavy atom. The second-order valence-corrected chi connectivity index (χ2v) is 18.4. The van der Waals surface area contributed by atoms with Crippen molar-refractivity contribution in [2.24, 2.45) is 0 Å². The van der Waals surface area contributed by atoms with Crippen LogP contribution in [-0.4, -0.2) is 23.3 Å². The molecule has 0 aromatic carbocycles. The fraction of sp³-hybridized carbons (Fsp3) is 0.981. The minimum absolute atomic E-state index is 0.0271. The van der Waals surface area contributed by atoms with Gasteiger partial charge in [-0.2, -0.15) is 0 Å². The standard InChI is InChI=1S/C34H68O2.C20H42O/c1-4-7-10-13-16-18-19-21-23-26-29-32-34(35)36-33(30-27-24-15-12-9-6-3)31-28-25-22-20-17-14-11-8-5-2;1-3-5-7-9-11-12-13-15-17-19-20(21)18-16-14-10-8-6-4-2/h33H,4-32H2,1-3H3;20-21H,3-19H2,1-2H3. The molecule has 0 saturated carbocycles. The quantitative estimate of drug-likeness (QED) is 0.0492. The minimum atomic E-state index is -0.0271. The molecule has 0 fully saturated rings. The molecule has 2 atom stereocenters. The summed E-state index contributed by atoms with van der Waals surface area (Å²) >= 11 is 0. The summed E-state index contributed by atoms with van der Waals surface area (Å²) in [6, 6.07) is 0. The van der Waals surface area contributed by atoms with Crippen LogP contribution >= 0.6 is 0 Å². The number of hydrogen-bond acceptors (Lipinski definition) is 3. The molecule has 1 N–H and O–H groups in total. The Morgan fingerprint density at radius 3 is 0.789 bits per heavy atom. The molecule has 0 spiro atoms. The van der Waals surface area contributed by atoms with Gasteiger partial charge in [-0.15, -0.1) is 0 Å². The van der Waals surface area contributed by atoms with Crippen LogP contribution in [0.4, 0.5) is 0 Å². The van der Waals surface area contributed by atoms with E-state index in [1.54, 1.807) is 0 Å². The highest BCUT2D eigenvalue weighted by Gasteiger charge is 2.14. The van der Waals surface area contributed by atoms with Crippen LogP contribution in [0.3, 0.4) is 0 Å². The summed E-state index contributed by atoms with van der Waals surface area (Å²) < 4.78 is 6.00. The van der Waals surface area contributed by atoms with Crippen LogP contribution in [0.5, 0.6) is 0 Å². The average Bonchev–Trinajstić information content (AvgIpc) is 3.21. The first-order valence-corrected chi connectivity index (χ1v) is 26.9. The Balaban J connectivity index is 0. The molecule has 0 saturated heterocycles. The van der Waals surface area contributed by atoms with Gasteiger partial charge in [0.15, 0.2) is 0 Å². The van der Waals surface area contributed by atoms with Crippen molar-refractivity contribution in [3.63, 3.8) is 0 Å². The van der Waals surface area contributed by atoms with Gasteiger partial charge >= 0.3 is 5.97 Å². The van der Waals surface area contributed by atoms with E-state index in [9.17, 15) is 9.90 Å². The molecule has 0 rings (SSSR count). The summed E-state index contributed by atoms with van der Waals surface area (Å²) in [7, 11) is 0. The van der Waals surface area contributed by atoms with E-state index in [1.807, 2.05) is 0 Å². The maximum Gasteiger partial charge on any atom is 0.306 e. The van der Waals surface area contributed by atoms with Gasteiger partial charge in [0.05, 0.1) is 6.10 Å². The van der Waals surface area contributed by atoms with E-state index in [0.29, 0.717) is 6.42 Å². The van der Waals surface area contributed by atoms with E-state index in [2.05, 4.69) is 34.6 Å². The van der Waals surface area contributed by atoms with E-state index in [1.165, 1.54) is 257 Å². The number of ether oxygens (including phenoxy) is 1. The highest BCUT2D eigenvalue weighted by atomic mass is 16.5. The summed E-state index contributed by atoms with van der Waals surface area (Å²) in [6.45, 7) is 11.4. The molecular weight excluding hydrogens is 697 g/mol. The third kappa shape index (κ3) is 53.4. The Morgan fingerprint density at radius 2 is 0.526 bits per heavy atom. The summed E-state index contributed by atoms with van der Waals surface area (Å²) in [5, 5.41) is 9.95. The lowest BCUT2D eigenvalue weighted by atomic mass is 10.0. The van der Waals surface area contributed by atoms with Crippen LogP contribution in [-0.2, 0) is 9.53 Å². The normalized spacial score (nSPS) is 12.4. The van der Waals surface area contributed by atoms with Crippen LogP contribution in [0.2, 0.25) is 0 Å². The Hall–Kier alpha value is -0.570. The molecule has 2 unspecified atom stereocenters. The van der Waals surface area contributed by atoms with Crippen LogP contribution in [0, 0.1) is 0 Å². The van der Waals surface area contributed by atoms with Crippen molar-refractivity contribution in [2.45, 2.75) is 342 Å². The van der Waals surface area contributed by atoms with E-state index in [-0.39, 0.29) is 18.2 Å². The zero-order chi connectivity index (χ0) is 42.0. The molecule has 0 heterocycles. The van der Waals surface area contributed by atoms with Gasteiger partial charge in [-0.1, -0.05) is 279 Å². The smallest absolute Gasteiger partial charge is 0.306 e. The summed E-state index contributed by atoms with van der Waals surface area (Å²) in [5.74, 6) is 0.0674. The van der Waals surface area contributed by atoms with Gasteiger partial charge in [0.2, 0.25) is 0 Å².